The highest BCUT2D eigenvalue weighted by Gasteiger charge is 2.37. The van der Waals surface area contributed by atoms with Gasteiger partial charge in [-0.25, -0.2) is 4.79 Å². The van der Waals surface area contributed by atoms with Crippen molar-refractivity contribution < 1.29 is 14.3 Å². The smallest absolute Gasteiger partial charge is 0.409 e. The molecule has 0 aromatic heterocycles. The molecule has 2 aromatic rings. The predicted molar refractivity (Wildman–Crippen MR) is 114 cm³/mol. The second-order valence-electron chi connectivity index (χ2n) is 7.79. The summed E-state index contributed by atoms with van der Waals surface area (Å²) in [7, 11) is 0. The summed E-state index contributed by atoms with van der Waals surface area (Å²) >= 11 is 0. The molecule has 154 valence electrons. The molecule has 0 aliphatic carbocycles. The third-order valence-electron chi connectivity index (χ3n) is 5.67. The molecule has 1 heterocycles. The number of nitrogens with one attached hydrogen (secondary N) is 1. The Morgan fingerprint density at radius 2 is 1.62 bits per heavy atom. The molecule has 2 amide bonds. The van der Waals surface area contributed by atoms with Crippen molar-refractivity contribution in [2.75, 3.05) is 19.7 Å². The molecule has 0 saturated carbocycles. The lowest BCUT2D eigenvalue weighted by atomic mass is 9.76. The number of carbonyl (C=O) groups excluding carboxylic acids is 2. The summed E-state index contributed by atoms with van der Waals surface area (Å²) in [5, 5.41) is 3.25. The molecule has 0 radical (unpaired) electrons. The van der Waals surface area contributed by atoms with E-state index < -0.39 is 5.41 Å². The van der Waals surface area contributed by atoms with Crippen molar-refractivity contribution in [3.8, 4) is 0 Å². The summed E-state index contributed by atoms with van der Waals surface area (Å²) in [5.41, 5.74) is 1.47. The molecule has 1 unspecified atom stereocenters. The third-order valence-corrected chi connectivity index (χ3v) is 5.67. The first-order valence-corrected chi connectivity index (χ1v) is 10.3. The minimum absolute atomic E-state index is 0.0298. The van der Waals surface area contributed by atoms with Gasteiger partial charge in [0.05, 0.1) is 12.0 Å². The van der Waals surface area contributed by atoms with Crippen LogP contribution >= 0.6 is 0 Å². The van der Waals surface area contributed by atoms with Crippen molar-refractivity contribution >= 4 is 12.0 Å². The van der Waals surface area contributed by atoms with Gasteiger partial charge in [-0.05, 0) is 44.2 Å². The van der Waals surface area contributed by atoms with Crippen molar-refractivity contribution in [3.05, 3.63) is 71.8 Å². The van der Waals surface area contributed by atoms with Gasteiger partial charge in [-0.15, -0.1) is 0 Å². The summed E-state index contributed by atoms with van der Waals surface area (Å²) in [6.45, 7) is 5.40. The quantitative estimate of drug-likeness (QED) is 0.808. The number of hydrogen-bond donors (Lipinski definition) is 1. The minimum Gasteiger partial charge on any atom is -0.450 e. The van der Waals surface area contributed by atoms with Gasteiger partial charge in [0.15, 0.2) is 0 Å². The number of hydrogen-bond acceptors (Lipinski definition) is 3. The number of ether oxygens (including phenoxy) is 1. The largest absolute Gasteiger partial charge is 0.450 e. The van der Waals surface area contributed by atoms with Crippen LogP contribution < -0.4 is 5.32 Å². The van der Waals surface area contributed by atoms with E-state index in [-0.39, 0.29) is 18.0 Å². The predicted octanol–water partition coefficient (Wildman–Crippen LogP) is 3.92. The van der Waals surface area contributed by atoms with Crippen LogP contribution in [0.3, 0.4) is 0 Å². The Morgan fingerprint density at radius 3 is 2.21 bits per heavy atom. The van der Waals surface area contributed by atoms with Crippen molar-refractivity contribution in [2.45, 2.75) is 44.6 Å². The van der Waals surface area contributed by atoms with Gasteiger partial charge < -0.3 is 15.0 Å². The molecular weight excluding hydrogens is 364 g/mol. The topological polar surface area (TPSA) is 58.6 Å². The SMILES string of the molecule is CCOC(=O)N1CCC(NC(=O)C(C)(Cc2ccccc2)c2ccccc2)CC1. The molecule has 1 saturated heterocycles. The number of amides is 2. The second kappa shape index (κ2) is 9.59. The molecule has 3 rings (SSSR count). The number of carbonyl (C=O) groups is 2. The van der Waals surface area contributed by atoms with Crippen LogP contribution in [0.2, 0.25) is 0 Å². The molecule has 1 N–H and O–H groups in total. The highest BCUT2D eigenvalue weighted by atomic mass is 16.6. The molecule has 1 aliphatic rings. The normalized spacial score (nSPS) is 16.7. The van der Waals surface area contributed by atoms with E-state index in [9.17, 15) is 9.59 Å². The second-order valence-corrected chi connectivity index (χ2v) is 7.79. The lowest BCUT2D eigenvalue weighted by Crippen LogP contribution is -2.52. The first-order valence-electron chi connectivity index (χ1n) is 10.3. The number of nitrogens with zero attached hydrogens (tertiary/aromatic N) is 1. The fourth-order valence-corrected chi connectivity index (χ4v) is 3.89. The zero-order valence-corrected chi connectivity index (χ0v) is 17.3. The minimum atomic E-state index is -0.666. The lowest BCUT2D eigenvalue weighted by molar-refractivity contribution is -0.127. The maximum Gasteiger partial charge on any atom is 0.409 e. The molecule has 1 aliphatic heterocycles. The maximum absolute atomic E-state index is 13.4. The van der Waals surface area contributed by atoms with Gasteiger partial charge in [-0.1, -0.05) is 60.7 Å². The highest BCUT2D eigenvalue weighted by Crippen LogP contribution is 2.29. The monoisotopic (exact) mass is 394 g/mol. The first kappa shape index (κ1) is 20.9. The van der Waals surface area contributed by atoms with E-state index in [0.717, 1.165) is 24.0 Å². The van der Waals surface area contributed by atoms with Crippen LogP contribution in [0.25, 0.3) is 0 Å². The fraction of sp³-hybridized carbons (Fsp3) is 0.417. The Bertz CT molecular complexity index is 801. The van der Waals surface area contributed by atoms with Crippen molar-refractivity contribution in [1.82, 2.24) is 10.2 Å². The third kappa shape index (κ3) is 5.17. The first-order chi connectivity index (χ1) is 14.0. The summed E-state index contributed by atoms with van der Waals surface area (Å²) < 4.78 is 5.08. The highest BCUT2D eigenvalue weighted by molar-refractivity contribution is 5.88. The summed E-state index contributed by atoms with van der Waals surface area (Å²) in [6.07, 6.45) is 1.84. The Morgan fingerprint density at radius 1 is 1.03 bits per heavy atom. The van der Waals surface area contributed by atoms with Crippen LogP contribution in [-0.4, -0.2) is 42.6 Å². The fourth-order valence-electron chi connectivity index (χ4n) is 3.89. The number of likely N-dealkylation sites (tertiary alicyclic amines) is 1. The Kier molecular flexibility index (Phi) is 6.91. The Balaban J connectivity index is 1.70. The van der Waals surface area contributed by atoms with Gasteiger partial charge in [0.2, 0.25) is 5.91 Å². The summed E-state index contributed by atoms with van der Waals surface area (Å²) in [5.74, 6) is 0.0298. The Hall–Kier alpha value is -2.82. The summed E-state index contributed by atoms with van der Waals surface area (Å²) in [4.78, 5) is 27.0. The molecule has 1 atom stereocenters. The molecule has 2 aromatic carbocycles. The van der Waals surface area contributed by atoms with Gasteiger partial charge in [0.1, 0.15) is 0 Å². The molecule has 5 heteroatoms. The zero-order valence-electron chi connectivity index (χ0n) is 17.3. The van der Waals surface area contributed by atoms with E-state index in [4.69, 9.17) is 4.74 Å². The molecule has 0 spiro atoms. The molecule has 29 heavy (non-hydrogen) atoms. The van der Waals surface area contributed by atoms with E-state index in [1.54, 1.807) is 4.90 Å². The van der Waals surface area contributed by atoms with Crippen LogP contribution in [0, 0.1) is 0 Å². The van der Waals surface area contributed by atoms with Crippen LogP contribution in [0.5, 0.6) is 0 Å². The maximum atomic E-state index is 13.4. The van der Waals surface area contributed by atoms with Crippen molar-refractivity contribution in [1.29, 1.82) is 0 Å². The van der Waals surface area contributed by atoms with Crippen molar-refractivity contribution in [3.63, 3.8) is 0 Å². The van der Waals surface area contributed by atoms with Gasteiger partial charge in [0.25, 0.3) is 0 Å². The van der Waals surface area contributed by atoms with Gasteiger partial charge in [-0.3, -0.25) is 4.79 Å². The van der Waals surface area contributed by atoms with E-state index in [0.29, 0.717) is 26.1 Å². The standard InChI is InChI=1S/C24H30N2O3/c1-3-29-23(28)26-16-14-21(15-17-26)25-22(27)24(2,20-12-8-5-9-13-20)18-19-10-6-4-7-11-19/h4-13,21H,3,14-18H2,1-2H3,(H,25,27). The zero-order chi connectivity index (χ0) is 20.7. The summed E-state index contributed by atoms with van der Waals surface area (Å²) in [6, 6.07) is 20.1. The average Bonchev–Trinajstić information content (AvgIpc) is 2.75. The molecule has 5 nitrogen and oxygen atoms in total. The Labute approximate surface area is 173 Å². The lowest BCUT2D eigenvalue weighted by Gasteiger charge is -2.35. The van der Waals surface area contributed by atoms with E-state index in [1.807, 2.05) is 62.4 Å². The van der Waals surface area contributed by atoms with Crippen molar-refractivity contribution in [2.24, 2.45) is 0 Å². The number of piperidine rings is 1. The van der Waals surface area contributed by atoms with E-state index >= 15 is 0 Å². The van der Waals surface area contributed by atoms with Crippen LogP contribution in [0.1, 0.15) is 37.8 Å². The van der Waals surface area contributed by atoms with Gasteiger partial charge in [0, 0.05) is 19.1 Å². The van der Waals surface area contributed by atoms with Crippen LogP contribution in [0.15, 0.2) is 60.7 Å². The number of rotatable bonds is 6. The number of benzene rings is 2. The van der Waals surface area contributed by atoms with Gasteiger partial charge in [-0.2, -0.15) is 0 Å². The molecule has 1 fully saturated rings. The average molecular weight is 395 g/mol. The van der Waals surface area contributed by atoms with Gasteiger partial charge >= 0.3 is 6.09 Å². The van der Waals surface area contributed by atoms with E-state index in [1.165, 1.54) is 0 Å². The molecular formula is C24H30N2O3. The molecule has 0 bridgehead atoms. The van der Waals surface area contributed by atoms with Crippen LogP contribution in [-0.2, 0) is 21.4 Å². The van der Waals surface area contributed by atoms with Crippen LogP contribution in [0.4, 0.5) is 4.79 Å². The van der Waals surface area contributed by atoms with E-state index in [2.05, 4.69) is 17.4 Å².